The molecule has 5 nitrogen and oxygen atoms in total. The fraction of sp³-hybridized carbons (Fsp3) is 0.409. The number of amides is 1. The number of pyridine rings is 1. The number of carbonyl (C=O) groups is 2. The quantitative estimate of drug-likeness (QED) is 0.852. The van der Waals surface area contributed by atoms with Crippen molar-refractivity contribution in [2.45, 2.75) is 45.6 Å². The minimum Gasteiger partial charge on any atom is -0.363 e. The molecule has 1 aromatic carbocycles. The Hall–Kier alpha value is -2.69. The molecule has 1 amide bonds. The Kier molecular flexibility index (Phi) is 5.89. The van der Waals surface area contributed by atoms with Gasteiger partial charge in [-0.1, -0.05) is 38.1 Å². The first-order chi connectivity index (χ1) is 12.9. The molecule has 5 heteroatoms. The topological polar surface area (TPSA) is 62.3 Å². The Bertz CT molecular complexity index is 797. The lowest BCUT2D eigenvalue weighted by atomic mass is 10.0. The van der Waals surface area contributed by atoms with Crippen molar-refractivity contribution in [2.75, 3.05) is 18.0 Å². The van der Waals surface area contributed by atoms with Crippen molar-refractivity contribution >= 4 is 17.4 Å². The SMILES string of the molecule is CC(C)c1ccc(CC(=O)N[C@H](C)c2ccc(N3CCC(=O)C3)cn2)cc1. The molecule has 1 aromatic heterocycles. The van der Waals surface area contributed by atoms with Gasteiger partial charge < -0.3 is 10.2 Å². The van der Waals surface area contributed by atoms with Crippen LogP contribution in [0.3, 0.4) is 0 Å². The van der Waals surface area contributed by atoms with Crippen molar-refractivity contribution in [1.82, 2.24) is 10.3 Å². The fourth-order valence-electron chi connectivity index (χ4n) is 3.26. The molecule has 0 radical (unpaired) electrons. The predicted molar refractivity (Wildman–Crippen MR) is 107 cm³/mol. The van der Waals surface area contributed by atoms with E-state index in [0.717, 1.165) is 23.5 Å². The fourth-order valence-corrected chi connectivity index (χ4v) is 3.26. The molecule has 2 heterocycles. The molecule has 1 aliphatic rings. The van der Waals surface area contributed by atoms with Crippen LogP contribution in [0.25, 0.3) is 0 Å². The zero-order valence-corrected chi connectivity index (χ0v) is 16.2. The van der Waals surface area contributed by atoms with E-state index < -0.39 is 0 Å². The molecular formula is C22H27N3O2. The number of aromatic nitrogens is 1. The van der Waals surface area contributed by atoms with Crippen molar-refractivity contribution < 1.29 is 9.59 Å². The maximum Gasteiger partial charge on any atom is 0.224 e. The molecule has 0 aliphatic carbocycles. The van der Waals surface area contributed by atoms with Crippen molar-refractivity contribution in [3.8, 4) is 0 Å². The van der Waals surface area contributed by atoms with Crippen LogP contribution in [0.5, 0.6) is 0 Å². The van der Waals surface area contributed by atoms with Crippen LogP contribution < -0.4 is 10.2 Å². The minimum absolute atomic E-state index is 0.0178. The number of benzene rings is 1. The summed E-state index contributed by atoms with van der Waals surface area (Å²) in [4.78, 5) is 30.3. The zero-order valence-electron chi connectivity index (χ0n) is 16.2. The highest BCUT2D eigenvalue weighted by molar-refractivity contribution is 5.87. The van der Waals surface area contributed by atoms with E-state index in [1.165, 1.54) is 5.56 Å². The van der Waals surface area contributed by atoms with Gasteiger partial charge in [0.15, 0.2) is 5.78 Å². The Balaban J connectivity index is 1.55. The standard InChI is InChI=1S/C22H27N3O2/c1-15(2)18-6-4-17(5-7-18)12-22(27)24-16(3)21-9-8-19(13-23-21)25-11-10-20(26)14-25/h4-9,13,15-16H,10-12,14H2,1-3H3,(H,24,27)/t16-/m1/s1. The van der Waals surface area contributed by atoms with E-state index in [0.29, 0.717) is 25.3 Å². The molecule has 142 valence electrons. The molecule has 2 aromatic rings. The third-order valence-electron chi connectivity index (χ3n) is 5.00. The van der Waals surface area contributed by atoms with Crippen LogP contribution in [-0.2, 0) is 16.0 Å². The summed E-state index contributed by atoms with van der Waals surface area (Å²) < 4.78 is 0. The van der Waals surface area contributed by atoms with E-state index in [1.54, 1.807) is 6.20 Å². The third-order valence-corrected chi connectivity index (χ3v) is 5.00. The molecule has 1 aliphatic heterocycles. The van der Waals surface area contributed by atoms with Gasteiger partial charge in [0.1, 0.15) is 0 Å². The second-order valence-corrected chi connectivity index (χ2v) is 7.51. The molecule has 1 saturated heterocycles. The van der Waals surface area contributed by atoms with Crippen LogP contribution in [0.4, 0.5) is 5.69 Å². The lowest BCUT2D eigenvalue weighted by Gasteiger charge is -2.18. The van der Waals surface area contributed by atoms with Gasteiger partial charge in [-0.15, -0.1) is 0 Å². The lowest BCUT2D eigenvalue weighted by molar-refractivity contribution is -0.121. The summed E-state index contributed by atoms with van der Waals surface area (Å²) in [6.07, 6.45) is 2.74. The van der Waals surface area contributed by atoms with Gasteiger partial charge in [-0.25, -0.2) is 0 Å². The van der Waals surface area contributed by atoms with Gasteiger partial charge in [-0.05, 0) is 36.1 Å². The number of nitrogens with zero attached hydrogens (tertiary/aromatic N) is 2. The lowest BCUT2D eigenvalue weighted by Crippen LogP contribution is -2.28. The number of anilines is 1. The third kappa shape index (κ3) is 4.94. The summed E-state index contributed by atoms with van der Waals surface area (Å²) in [5.74, 6) is 0.734. The van der Waals surface area contributed by atoms with Crippen LogP contribution in [0, 0.1) is 0 Å². The van der Waals surface area contributed by atoms with Gasteiger partial charge in [0.25, 0.3) is 0 Å². The first kappa shape index (κ1) is 19.1. The van der Waals surface area contributed by atoms with Gasteiger partial charge in [0, 0.05) is 13.0 Å². The summed E-state index contributed by atoms with van der Waals surface area (Å²) >= 11 is 0. The van der Waals surface area contributed by atoms with Crippen molar-refractivity contribution in [1.29, 1.82) is 0 Å². The Morgan fingerprint density at radius 2 is 1.89 bits per heavy atom. The van der Waals surface area contributed by atoms with Crippen molar-refractivity contribution in [3.05, 3.63) is 59.4 Å². The Morgan fingerprint density at radius 1 is 1.15 bits per heavy atom. The Labute approximate surface area is 160 Å². The van der Waals surface area contributed by atoms with E-state index in [-0.39, 0.29) is 17.7 Å². The van der Waals surface area contributed by atoms with Gasteiger partial charge >= 0.3 is 0 Å². The second kappa shape index (κ2) is 8.33. The first-order valence-corrected chi connectivity index (χ1v) is 9.53. The molecule has 0 spiro atoms. The highest BCUT2D eigenvalue weighted by Crippen LogP contribution is 2.20. The molecule has 1 fully saturated rings. The van der Waals surface area contributed by atoms with E-state index >= 15 is 0 Å². The number of carbonyl (C=O) groups excluding carboxylic acids is 2. The highest BCUT2D eigenvalue weighted by Gasteiger charge is 2.20. The number of hydrogen-bond acceptors (Lipinski definition) is 4. The average molecular weight is 365 g/mol. The number of ketones is 1. The van der Waals surface area contributed by atoms with E-state index in [9.17, 15) is 9.59 Å². The monoisotopic (exact) mass is 365 g/mol. The molecule has 1 N–H and O–H groups in total. The summed E-state index contributed by atoms with van der Waals surface area (Å²) in [5, 5.41) is 3.01. The Morgan fingerprint density at radius 3 is 2.44 bits per heavy atom. The molecule has 0 bridgehead atoms. The molecule has 3 rings (SSSR count). The van der Waals surface area contributed by atoms with E-state index in [2.05, 4.69) is 36.3 Å². The molecule has 0 saturated carbocycles. The number of hydrogen-bond donors (Lipinski definition) is 1. The van der Waals surface area contributed by atoms with Crippen LogP contribution in [0.1, 0.15) is 56.0 Å². The average Bonchev–Trinajstić information content (AvgIpc) is 3.08. The number of Topliss-reactive ketones (excluding diaryl/α,β-unsaturated/α-hetero) is 1. The minimum atomic E-state index is -0.165. The summed E-state index contributed by atoms with van der Waals surface area (Å²) in [7, 11) is 0. The second-order valence-electron chi connectivity index (χ2n) is 7.51. The number of nitrogens with one attached hydrogen (secondary N) is 1. The predicted octanol–water partition coefficient (Wildman–Crippen LogP) is 3.40. The molecule has 0 unspecified atom stereocenters. The summed E-state index contributed by atoms with van der Waals surface area (Å²) in [5.41, 5.74) is 4.05. The van der Waals surface area contributed by atoms with Crippen LogP contribution in [0.2, 0.25) is 0 Å². The molecule has 1 atom stereocenters. The van der Waals surface area contributed by atoms with Gasteiger partial charge in [0.2, 0.25) is 5.91 Å². The largest absolute Gasteiger partial charge is 0.363 e. The molecular weight excluding hydrogens is 338 g/mol. The summed E-state index contributed by atoms with van der Waals surface area (Å²) in [6, 6.07) is 11.9. The van der Waals surface area contributed by atoms with Gasteiger partial charge in [0.05, 0.1) is 36.6 Å². The number of rotatable bonds is 6. The van der Waals surface area contributed by atoms with Crippen molar-refractivity contribution in [3.63, 3.8) is 0 Å². The van der Waals surface area contributed by atoms with E-state index in [4.69, 9.17) is 0 Å². The zero-order chi connectivity index (χ0) is 19.4. The van der Waals surface area contributed by atoms with Crippen molar-refractivity contribution in [2.24, 2.45) is 0 Å². The van der Waals surface area contributed by atoms with Gasteiger partial charge in [-0.2, -0.15) is 0 Å². The maximum atomic E-state index is 12.3. The molecule has 27 heavy (non-hydrogen) atoms. The normalized spacial score (nSPS) is 15.3. The first-order valence-electron chi connectivity index (χ1n) is 9.53. The maximum absolute atomic E-state index is 12.3. The summed E-state index contributed by atoms with van der Waals surface area (Å²) in [6.45, 7) is 7.46. The van der Waals surface area contributed by atoms with Crippen LogP contribution >= 0.6 is 0 Å². The van der Waals surface area contributed by atoms with Gasteiger partial charge in [-0.3, -0.25) is 14.6 Å². The smallest absolute Gasteiger partial charge is 0.224 e. The highest BCUT2D eigenvalue weighted by atomic mass is 16.1. The van der Waals surface area contributed by atoms with E-state index in [1.807, 2.05) is 36.1 Å². The van der Waals surface area contributed by atoms with Crippen LogP contribution in [0.15, 0.2) is 42.6 Å². The van der Waals surface area contributed by atoms with Crippen LogP contribution in [-0.4, -0.2) is 29.8 Å².